The molecule has 0 radical (unpaired) electrons. The normalized spacial score (nSPS) is 10.9. The molecule has 1 nitrogen and oxygen atoms in total. The van der Waals surface area contributed by atoms with Crippen LogP contribution >= 0.6 is 39.1 Å². The van der Waals surface area contributed by atoms with Gasteiger partial charge in [0.05, 0.1) is 0 Å². The van der Waals surface area contributed by atoms with Crippen LogP contribution in [0.5, 0.6) is 0 Å². The highest BCUT2D eigenvalue weighted by Gasteiger charge is 2.17. The lowest BCUT2D eigenvalue weighted by atomic mass is 10.2. The number of hydrogen-bond donors (Lipinski definition) is 0. The van der Waals surface area contributed by atoms with Gasteiger partial charge >= 0.3 is 0 Å². The van der Waals surface area contributed by atoms with Crippen molar-refractivity contribution in [3.63, 3.8) is 0 Å². The van der Waals surface area contributed by atoms with Crippen molar-refractivity contribution < 1.29 is 8.78 Å². The van der Waals surface area contributed by atoms with Crippen LogP contribution in [0.2, 0.25) is 5.15 Å². The van der Waals surface area contributed by atoms with E-state index in [1.807, 2.05) is 0 Å². The maximum absolute atomic E-state index is 12.3. The molecular formula is C7H4BrCl2F2N. The van der Waals surface area contributed by atoms with E-state index in [0.29, 0.717) is 5.56 Å². The maximum atomic E-state index is 12.3. The zero-order valence-electron chi connectivity index (χ0n) is 6.20. The summed E-state index contributed by atoms with van der Waals surface area (Å²) in [4.78, 5) is 3.49. The van der Waals surface area contributed by atoms with Crippen molar-refractivity contribution in [3.8, 4) is 0 Å². The van der Waals surface area contributed by atoms with Crippen LogP contribution in [-0.2, 0) is 5.88 Å². The van der Waals surface area contributed by atoms with Crippen LogP contribution in [0, 0.1) is 0 Å². The second kappa shape index (κ2) is 4.53. The zero-order valence-corrected chi connectivity index (χ0v) is 9.30. The van der Waals surface area contributed by atoms with Gasteiger partial charge in [-0.25, -0.2) is 13.8 Å². The summed E-state index contributed by atoms with van der Waals surface area (Å²) in [5.74, 6) is 0.114. The predicted molar refractivity (Wildman–Crippen MR) is 51.5 cm³/mol. The lowest BCUT2D eigenvalue weighted by Gasteiger charge is -2.06. The van der Waals surface area contributed by atoms with Gasteiger partial charge in [-0.2, -0.15) is 0 Å². The van der Waals surface area contributed by atoms with E-state index in [1.54, 1.807) is 0 Å². The van der Waals surface area contributed by atoms with Crippen LogP contribution < -0.4 is 0 Å². The second-order valence-corrected chi connectivity index (χ2v) is 3.69. The Kier molecular flexibility index (Phi) is 3.88. The van der Waals surface area contributed by atoms with Gasteiger partial charge in [-0.1, -0.05) is 11.6 Å². The lowest BCUT2D eigenvalue weighted by Crippen LogP contribution is -1.96. The highest BCUT2D eigenvalue weighted by molar-refractivity contribution is 9.10. The maximum Gasteiger partial charge on any atom is 0.281 e. The molecule has 1 heterocycles. The van der Waals surface area contributed by atoms with Crippen LogP contribution in [0.4, 0.5) is 8.78 Å². The Bertz CT molecular complexity index is 320. The number of halogens is 5. The Morgan fingerprint density at radius 2 is 2.15 bits per heavy atom. The Morgan fingerprint density at radius 1 is 1.54 bits per heavy atom. The summed E-state index contributed by atoms with van der Waals surface area (Å²) >= 11 is 14.0. The molecular weight excluding hydrogens is 287 g/mol. The fourth-order valence-corrected chi connectivity index (χ4v) is 1.92. The van der Waals surface area contributed by atoms with E-state index >= 15 is 0 Å². The summed E-state index contributed by atoms with van der Waals surface area (Å²) in [5, 5.41) is 0.0224. The van der Waals surface area contributed by atoms with Gasteiger partial charge in [0.2, 0.25) is 0 Å². The van der Waals surface area contributed by atoms with E-state index in [1.165, 1.54) is 6.07 Å². The predicted octanol–water partition coefficient (Wildman–Crippen LogP) is 4.17. The Morgan fingerprint density at radius 3 is 2.62 bits per heavy atom. The first-order chi connectivity index (χ1) is 6.06. The van der Waals surface area contributed by atoms with E-state index in [2.05, 4.69) is 20.9 Å². The molecule has 0 amide bonds. The lowest BCUT2D eigenvalue weighted by molar-refractivity contribution is 0.145. The molecule has 0 unspecified atom stereocenters. The van der Waals surface area contributed by atoms with Crippen molar-refractivity contribution in [2.24, 2.45) is 0 Å². The number of alkyl halides is 3. The van der Waals surface area contributed by atoms with Gasteiger partial charge in [0.25, 0.3) is 6.43 Å². The molecule has 0 saturated heterocycles. The van der Waals surface area contributed by atoms with E-state index in [0.717, 1.165) is 0 Å². The van der Waals surface area contributed by atoms with Crippen molar-refractivity contribution in [1.29, 1.82) is 0 Å². The van der Waals surface area contributed by atoms with Crippen LogP contribution in [0.25, 0.3) is 0 Å². The van der Waals surface area contributed by atoms with Crippen LogP contribution in [0.15, 0.2) is 10.5 Å². The number of pyridine rings is 1. The number of nitrogens with zero attached hydrogens (tertiary/aromatic N) is 1. The molecule has 0 N–H and O–H groups in total. The first kappa shape index (κ1) is 11.1. The largest absolute Gasteiger partial charge is 0.281 e. The van der Waals surface area contributed by atoms with E-state index < -0.39 is 6.43 Å². The quantitative estimate of drug-likeness (QED) is 0.588. The monoisotopic (exact) mass is 289 g/mol. The molecule has 0 saturated carbocycles. The molecule has 1 aromatic rings. The highest BCUT2D eigenvalue weighted by atomic mass is 79.9. The molecule has 1 aromatic heterocycles. The fourth-order valence-electron chi connectivity index (χ4n) is 0.810. The van der Waals surface area contributed by atoms with Crippen LogP contribution in [-0.4, -0.2) is 4.98 Å². The fraction of sp³-hybridized carbons (Fsp3) is 0.286. The van der Waals surface area contributed by atoms with Gasteiger partial charge in [0.1, 0.15) is 10.8 Å². The Hall–Kier alpha value is 0.0700. The average Bonchev–Trinajstić information content (AvgIpc) is 2.08. The Balaban J connectivity index is 3.27. The van der Waals surface area contributed by atoms with Crippen LogP contribution in [0.1, 0.15) is 17.7 Å². The summed E-state index contributed by atoms with van der Waals surface area (Å²) in [7, 11) is 0. The van der Waals surface area contributed by atoms with E-state index in [9.17, 15) is 8.78 Å². The third-order valence-corrected chi connectivity index (χ3v) is 2.78. The van der Waals surface area contributed by atoms with Crippen molar-refractivity contribution in [3.05, 3.63) is 26.9 Å². The van der Waals surface area contributed by atoms with Crippen molar-refractivity contribution in [2.75, 3.05) is 0 Å². The Labute approximate surface area is 92.2 Å². The molecule has 1 rings (SSSR count). The number of rotatable bonds is 2. The van der Waals surface area contributed by atoms with Gasteiger partial charge in [-0.05, 0) is 27.6 Å². The molecule has 6 heteroatoms. The summed E-state index contributed by atoms with van der Waals surface area (Å²) in [6.45, 7) is 0. The molecule has 0 spiro atoms. The minimum Gasteiger partial charge on any atom is -0.234 e. The smallest absolute Gasteiger partial charge is 0.234 e. The molecule has 0 aromatic carbocycles. The third-order valence-electron chi connectivity index (χ3n) is 1.38. The molecule has 0 aliphatic rings. The summed E-state index contributed by atoms with van der Waals surface area (Å²) in [6.07, 6.45) is -2.66. The molecule has 0 aliphatic carbocycles. The van der Waals surface area contributed by atoms with Gasteiger partial charge < -0.3 is 0 Å². The number of aromatic nitrogens is 1. The van der Waals surface area contributed by atoms with E-state index in [4.69, 9.17) is 23.2 Å². The third kappa shape index (κ3) is 2.51. The van der Waals surface area contributed by atoms with Crippen molar-refractivity contribution in [2.45, 2.75) is 12.3 Å². The summed E-state index contributed by atoms with van der Waals surface area (Å²) in [6, 6.07) is 1.45. The van der Waals surface area contributed by atoms with Crippen molar-refractivity contribution in [1.82, 2.24) is 4.98 Å². The minimum absolute atomic E-state index is 0.0224. The molecule has 0 fully saturated rings. The molecule has 13 heavy (non-hydrogen) atoms. The highest BCUT2D eigenvalue weighted by Crippen LogP contribution is 2.31. The minimum atomic E-state index is -2.66. The molecule has 0 bridgehead atoms. The van der Waals surface area contributed by atoms with E-state index in [-0.39, 0.29) is 21.2 Å². The standard InChI is InChI=1S/C7H4BrCl2F2N/c8-5-3(2-9)1-4(10)13-6(5)7(11)12/h1,7H,2H2. The van der Waals surface area contributed by atoms with Crippen molar-refractivity contribution >= 4 is 39.1 Å². The molecule has 0 atom stereocenters. The second-order valence-electron chi connectivity index (χ2n) is 2.24. The number of hydrogen-bond acceptors (Lipinski definition) is 1. The average molecular weight is 291 g/mol. The van der Waals surface area contributed by atoms with Gasteiger partial charge in [-0.15, -0.1) is 11.6 Å². The van der Waals surface area contributed by atoms with Gasteiger partial charge in [0.15, 0.2) is 0 Å². The van der Waals surface area contributed by atoms with Gasteiger partial charge in [-0.3, -0.25) is 0 Å². The summed E-state index contributed by atoms with van der Waals surface area (Å²) < 4.78 is 24.9. The zero-order chi connectivity index (χ0) is 10.0. The van der Waals surface area contributed by atoms with Crippen LogP contribution in [0.3, 0.4) is 0 Å². The topological polar surface area (TPSA) is 12.9 Å². The summed E-state index contributed by atoms with van der Waals surface area (Å²) in [5.41, 5.74) is 0.139. The first-order valence-electron chi connectivity index (χ1n) is 3.25. The molecule has 72 valence electrons. The first-order valence-corrected chi connectivity index (χ1v) is 4.95. The van der Waals surface area contributed by atoms with Gasteiger partial charge in [0, 0.05) is 10.4 Å². The molecule has 0 aliphatic heterocycles. The SMILES string of the molecule is FC(F)c1nc(Cl)cc(CCl)c1Br.